The molecule has 3 atom stereocenters. The quantitative estimate of drug-likeness (QED) is 0.519. The van der Waals surface area contributed by atoms with Crippen molar-refractivity contribution in [2.75, 3.05) is 13.1 Å². The van der Waals surface area contributed by atoms with Gasteiger partial charge in [0.2, 0.25) is 0 Å². The first-order valence-electron chi connectivity index (χ1n) is 3.84. The van der Waals surface area contributed by atoms with Crippen molar-refractivity contribution >= 4 is 6.09 Å². The lowest BCUT2D eigenvalue weighted by atomic mass is 9.68. The molecule has 1 saturated carbocycles. The van der Waals surface area contributed by atoms with E-state index in [0.29, 0.717) is 13.1 Å². The molecule has 2 bridgehead atoms. The van der Waals surface area contributed by atoms with Gasteiger partial charge >= 0.3 is 6.09 Å². The van der Waals surface area contributed by atoms with Gasteiger partial charge in [-0.25, -0.2) is 4.79 Å². The maximum atomic E-state index is 10.5. The second kappa shape index (κ2) is 2.11. The van der Waals surface area contributed by atoms with E-state index in [9.17, 15) is 9.90 Å². The second-order valence-corrected chi connectivity index (χ2v) is 3.43. The molecule has 0 aromatic heterocycles. The highest BCUT2D eigenvalue weighted by molar-refractivity contribution is 5.65. The number of aliphatic hydroxyl groups excluding tert-OH is 1. The standard InChI is InChI=1S/C7H11NO3/c9-6-4-1-5(6)3-8(2-4)7(10)11/h4-6,9H,1-3H2,(H,10,11)/t4-,5+,6+. The van der Waals surface area contributed by atoms with Gasteiger partial charge in [0.1, 0.15) is 0 Å². The molecular weight excluding hydrogens is 146 g/mol. The number of aliphatic hydroxyl groups is 1. The van der Waals surface area contributed by atoms with Gasteiger partial charge in [-0.05, 0) is 6.42 Å². The van der Waals surface area contributed by atoms with Gasteiger partial charge in [0.25, 0.3) is 0 Å². The minimum Gasteiger partial charge on any atom is -0.465 e. The van der Waals surface area contributed by atoms with Crippen molar-refractivity contribution in [2.45, 2.75) is 12.5 Å². The molecule has 0 radical (unpaired) electrons. The molecule has 2 saturated heterocycles. The Morgan fingerprint density at radius 1 is 1.36 bits per heavy atom. The largest absolute Gasteiger partial charge is 0.465 e. The molecule has 4 heteroatoms. The molecular formula is C7H11NO3. The first-order valence-corrected chi connectivity index (χ1v) is 3.84. The average Bonchev–Trinajstić information content (AvgIpc) is 2.03. The highest BCUT2D eigenvalue weighted by Crippen LogP contribution is 2.39. The molecule has 2 aliphatic heterocycles. The fourth-order valence-corrected chi connectivity index (χ4v) is 2.02. The summed E-state index contributed by atoms with van der Waals surface area (Å²) in [7, 11) is 0. The molecule has 62 valence electrons. The SMILES string of the molecule is O=C(O)N1C[C@H]2C[C@@H](C1)[C@H]2O. The van der Waals surface area contributed by atoms with Crippen LogP contribution in [0.15, 0.2) is 0 Å². The van der Waals surface area contributed by atoms with Crippen LogP contribution in [0.2, 0.25) is 0 Å². The number of fused-ring (bicyclic) bond motifs is 2. The summed E-state index contributed by atoms with van der Waals surface area (Å²) in [6.07, 6.45) is -0.0810. The Labute approximate surface area is 64.4 Å². The van der Waals surface area contributed by atoms with Crippen molar-refractivity contribution in [1.82, 2.24) is 4.90 Å². The Morgan fingerprint density at radius 3 is 2.27 bits per heavy atom. The van der Waals surface area contributed by atoms with Crippen LogP contribution in [-0.4, -0.2) is 40.4 Å². The van der Waals surface area contributed by atoms with E-state index in [1.165, 1.54) is 4.90 Å². The van der Waals surface area contributed by atoms with E-state index in [2.05, 4.69) is 0 Å². The zero-order chi connectivity index (χ0) is 8.01. The molecule has 0 aromatic rings. The van der Waals surface area contributed by atoms with Crippen molar-refractivity contribution in [3.63, 3.8) is 0 Å². The van der Waals surface area contributed by atoms with E-state index in [1.807, 2.05) is 0 Å². The molecule has 0 aromatic carbocycles. The number of hydrogen-bond acceptors (Lipinski definition) is 2. The Kier molecular flexibility index (Phi) is 1.32. The Hall–Kier alpha value is -0.770. The molecule has 11 heavy (non-hydrogen) atoms. The first-order chi connectivity index (χ1) is 5.18. The van der Waals surface area contributed by atoms with Gasteiger partial charge < -0.3 is 15.1 Å². The van der Waals surface area contributed by atoms with E-state index in [1.54, 1.807) is 0 Å². The van der Waals surface area contributed by atoms with Gasteiger partial charge in [0.05, 0.1) is 6.10 Å². The molecule has 4 nitrogen and oxygen atoms in total. The summed E-state index contributed by atoms with van der Waals surface area (Å²) in [5.41, 5.74) is 0. The minimum atomic E-state index is -0.855. The van der Waals surface area contributed by atoms with Gasteiger partial charge in [-0.15, -0.1) is 0 Å². The number of amides is 1. The molecule has 1 amide bonds. The van der Waals surface area contributed by atoms with Gasteiger partial charge in [-0.2, -0.15) is 0 Å². The third-order valence-corrected chi connectivity index (χ3v) is 2.75. The highest BCUT2D eigenvalue weighted by atomic mass is 16.4. The van der Waals surface area contributed by atoms with Crippen LogP contribution in [0, 0.1) is 11.8 Å². The number of carbonyl (C=O) groups is 1. The lowest BCUT2D eigenvalue weighted by Crippen LogP contribution is -2.59. The van der Waals surface area contributed by atoms with E-state index in [-0.39, 0.29) is 17.9 Å². The Balaban J connectivity index is 1.99. The van der Waals surface area contributed by atoms with Gasteiger partial charge in [0.15, 0.2) is 0 Å². The number of hydrogen-bond donors (Lipinski definition) is 2. The Morgan fingerprint density at radius 2 is 1.91 bits per heavy atom. The fraction of sp³-hybridized carbons (Fsp3) is 0.857. The van der Waals surface area contributed by atoms with E-state index in [4.69, 9.17) is 5.11 Å². The van der Waals surface area contributed by atoms with Crippen LogP contribution in [0.3, 0.4) is 0 Å². The highest BCUT2D eigenvalue weighted by Gasteiger charge is 2.46. The third kappa shape index (κ3) is 0.894. The molecule has 3 fully saturated rings. The van der Waals surface area contributed by atoms with E-state index < -0.39 is 6.09 Å². The first kappa shape index (κ1) is 6.91. The van der Waals surface area contributed by atoms with Crippen LogP contribution in [0.5, 0.6) is 0 Å². The molecule has 3 rings (SSSR count). The third-order valence-electron chi connectivity index (χ3n) is 2.75. The van der Waals surface area contributed by atoms with Crippen LogP contribution in [-0.2, 0) is 0 Å². The molecule has 0 spiro atoms. The Bertz CT molecular complexity index is 182. The summed E-state index contributed by atoms with van der Waals surface area (Å²) < 4.78 is 0. The fourth-order valence-electron chi connectivity index (χ4n) is 2.02. The zero-order valence-electron chi connectivity index (χ0n) is 6.10. The van der Waals surface area contributed by atoms with Crippen LogP contribution in [0.4, 0.5) is 4.79 Å². The molecule has 3 aliphatic rings. The predicted octanol–water partition coefficient (Wildman–Crippen LogP) is -0.0230. The molecule has 2 heterocycles. The summed E-state index contributed by atoms with van der Waals surface area (Å²) in [5.74, 6) is 0.426. The summed E-state index contributed by atoms with van der Waals surface area (Å²) >= 11 is 0. The van der Waals surface area contributed by atoms with Crippen LogP contribution < -0.4 is 0 Å². The second-order valence-electron chi connectivity index (χ2n) is 3.43. The summed E-state index contributed by atoms with van der Waals surface area (Å²) in [4.78, 5) is 11.9. The average molecular weight is 157 g/mol. The van der Waals surface area contributed by atoms with Gasteiger partial charge in [-0.1, -0.05) is 0 Å². The van der Waals surface area contributed by atoms with Crippen molar-refractivity contribution in [1.29, 1.82) is 0 Å². The molecule has 0 unspecified atom stereocenters. The topological polar surface area (TPSA) is 60.8 Å². The number of piperidine rings is 2. The van der Waals surface area contributed by atoms with Gasteiger partial charge in [0, 0.05) is 24.9 Å². The molecule has 2 N–H and O–H groups in total. The normalized spacial score (nSPS) is 41.5. The van der Waals surface area contributed by atoms with Crippen molar-refractivity contribution in [2.24, 2.45) is 11.8 Å². The van der Waals surface area contributed by atoms with Crippen molar-refractivity contribution in [3.05, 3.63) is 0 Å². The maximum absolute atomic E-state index is 10.5. The van der Waals surface area contributed by atoms with Gasteiger partial charge in [-0.3, -0.25) is 0 Å². The maximum Gasteiger partial charge on any atom is 0.407 e. The van der Waals surface area contributed by atoms with Crippen molar-refractivity contribution in [3.8, 4) is 0 Å². The number of rotatable bonds is 0. The summed E-state index contributed by atoms with van der Waals surface area (Å²) in [6, 6.07) is 0. The van der Waals surface area contributed by atoms with E-state index in [0.717, 1.165) is 6.42 Å². The monoisotopic (exact) mass is 157 g/mol. The lowest BCUT2D eigenvalue weighted by Gasteiger charge is -2.50. The minimum absolute atomic E-state index is 0.213. The number of nitrogens with zero attached hydrogens (tertiary/aromatic N) is 1. The van der Waals surface area contributed by atoms with E-state index >= 15 is 0 Å². The van der Waals surface area contributed by atoms with Crippen LogP contribution in [0.1, 0.15) is 6.42 Å². The smallest absolute Gasteiger partial charge is 0.407 e. The van der Waals surface area contributed by atoms with Crippen LogP contribution in [0.25, 0.3) is 0 Å². The predicted molar refractivity (Wildman–Crippen MR) is 37.2 cm³/mol. The molecule has 1 aliphatic carbocycles. The lowest BCUT2D eigenvalue weighted by molar-refractivity contribution is -0.0989. The number of carboxylic acid groups (broad SMARTS) is 1. The zero-order valence-corrected chi connectivity index (χ0v) is 6.10. The van der Waals surface area contributed by atoms with Crippen LogP contribution >= 0.6 is 0 Å². The van der Waals surface area contributed by atoms with Crippen molar-refractivity contribution < 1.29 is 15.0 Å². The summed E-state index contributed by atoms with van der Waals surface area (Å²) in [5, 5.41) is 17.9. The summed E-state index contributed by atoms with van der Waals surface area (Å²) in [6.45, 7) is 1.04.